The zero-order chi connectivity index (χ0) is 10.1. The molecular weight excluding hydrogens is 188 g/mol. The second-order valence-electron chi connectivity index (χ2n) is 3.81. The van der Waals surface area contributed by atoms with Crippen LogP contribution in [0.5, 0.6) is 0 Å². The minimum Gasteiger partial charge on any atom is -0.340 e. The highest BCUT2D eigenvalue weighted by Gasteiger charge is 2.13. The van der Waals surface area contributed by atoms with E-state index in [9.17, 15) is 0 Å². The normalized spacial score (nSPS) is 17.2. The van der Waals surface area contributed by atoms with Crippen LogP contribution in [0, 0.1) is 0 Å². The Morgan fingerprint density at radius 1 is 1.13 bits per heavy atom. The van der Waals surface area contributed by atoms with Crippen LogP contribution >= 0.6 is 0 Å². The van der Waals surface area contributed by atoms with Gasteiger partial charge in [0.1, 0.15) is 0 Å². The van der Waals surface area contributed by atoms with Gasteiger partial charge in [0.25, 0.3) is 0 Å². The van der Waals surface area contributed by atoms with E-state index in [1.165, 1.54) is 0 Å². The maximum atomic E-state index is 4.58. The van der Waals surface area contributed by atoms with E-state index in [1.54, 1.807) is 0 Å². The van der Waals surface area contributed by atoms with E-state index < -0.39 is 0 Å². The van der Waals surface area contributed by atoms with Gasteiger partial charge in [0.05, 0.1) is 11.0 Å². The number of aromatic amines is 1. The molecule has 0 amide bonds. The van der Waals surface area contributed by atoms with Crippen LogP contribution in [0.25, 0.3) is 11.0 Å². The molecule has 0 spiro atoms. The summed E-state index contributed by atoms with van der Waals surface area (Å²) in [5.74, 6) is 0.998. The van der Waals surface area contributed by atoms with Gasteiger partial charge in [0.2, 0.25) is 5.95 Å². The van der Waals surface area contributed by atoms with Crippen molar-refractivity contribution in [2.75, 3.05) is 31.1 Å². The lowest BCUT2D eigenvalue weighted by Crippen LogP contribution is -2.44. The average molecular weight is 202 g/mol. The summed E-state index contributed by atoms with van der Waals surface area (Å²) < 4.78 is 0. The minimum absolute atomic E-state index is 0.998. The summed E-state index contributed by atoms with van der Waals surface area (Å²) in [6, 6.07) is 8.15. The number of hydrogen-bond donors (Lipinski definition) is 2. The number of benzene rings is 1. The molecule has 4 nitrogen and oxygen atoms in total. The van der Waals surface area contributed by atoms with Crippen molar-refractivity contribution in [1.82, 2.24) is 15.3 Å². The Labute approximate surface area is 88.3 Å². The Morgan fingerprint density at radius 3 is 2.73 bits per heavy atom. The van der Waals surface area contributed by atoms with Crippen LogP contribution in [-0.4, -0.2) is 36.1 Å². The third-order valence-electron chi connectivity index (χ3n) is 2.79. The molecule has 2 aromatic rings. The molecule has 0 atom stereocenters. The summed E-state index contributed by atoms with van der Waals surface area (Å²) >= 11 is 0. The van der Waals surface area contributed by atoms with Gasteiger partial charge in [0, 0.05) is 26.2 Å². The fourth-order valence-corrected chi connectivity index (χ4v) is 1.97. The number of piperazine rings is 1. The summed E-state index contributed by atoms with van der Waals surface area (Å²) in [7, 11) is 0. The fraction of sp³-hybridized carbons (Fsp3) is 0.364. The Balaban J connectivity index is 1.96. The molecule has 4 heteroatoms. The van der Waals surface area contributed by atoms with Crippen molar-refractivity contribution in [1.29, 1.82) is 0 Å². The fourth-order valence-electron chi connectivity index (χ4n) is 1.97. The quantitative estimate of drug-likeness (QED) is 0.724. The van der Waals surface area contributed by atoms with E-state index in [1.807, 2.05) is 18.2 Å². The van der Waals surface area contributed by atoms with Gasteiger partial charge in [0.15, 0.2) is 0 Å². The lowest BCUT2D eigenvalue weighted by atomic mass is 10.3. The van der Waals surface area contributed by atoms with Crippen LogP contribution < -0.4 is 10.2 Å². The first-order chi connectivity index (χ1) is 7.43. The largest absolute Gasteiger partial charge is 0.340 e. The number of imidazole rings is 1. The highest BCUT2D eigenvalue weighted by Crippen LogP contribution is 2.16. The number of hydrogen-bond acceptors (Lipinski definition) is 3. The Hall–Kier alpha value is -1.55. The van der Waals surface area contributed by atoms with E-state index in [-0.39, 0.29) is 0 Å². The molecule has 1 aromatic heterocycles. The molecule has 0 saturated carbocycles. The van der Waals surface area contributed by atoms with Crippen LogP contribution in [0.1, 0.15) is 0 Å². The molecule has 15 heavy (non-hydrogen) atoms. The van der Waals surface area contributed by atoms with E-state index in [4.69, 9.17) is 0 Å². The zero-order valence-corrected chi connectivity index (χ0v) is 8.53. The maximum absolute atomic E-state index is 4.58. The van der Waals surface area contributed by atoms with Crippen molar-refractivity contribution < 1.29 is 0 Å². The lowest BCUT2D eigenvalue weighted by Gasteiger charge is -2.26. The summed E-state index contributed by atoms with van der Waals surface area (Å²) in [6.45, 7) is 4.13. The zero-order valence-electron chi connectivity index (χ0n) is 8.53. The Morgan fingerprint density at radius 2 is 1.93 bits per heavy atom. The van der Waals surface area contributed by atoms with Gasteiger partial charge in [-0.3, -0.25) is 0 Å². The van der Waals surface area contributed by atoms with Crippen molar-refractivity contribution in [2.24, 2.45) is 0 Å². The highest BCUT2D eigenvalue weighted by atomic mass is 15.3. The van der Waals surface area contributed by atoms with Crippen LogP contribution in [0.2, 0.25) is 0 Å². The molecule has 0 aliphatic carbocycles. The van der Waals surface area contributed by atoms with E-state index in [0.29, 0.717) is 0 Å². The lowest BCUT2D eigenvalue weighted by molar-refractivity contribution is 0.582. The van der Waals surface area contributed by atoms with Gasteiger partial charge >= 0.3 is 0 Å². The van der Waals surface area contributed by atoms with Crippen LogP contribution in [0.15, 0.2) is 24.3 Å². The van der Waals surface area contributed by atoms with E-state index in [2.05, 4.69) is 26.3 Å². The van der Waals surface area contributed by atoms with Gasteiger partial charge in [-0.1, -0.05) is 12.1 Å². The van der Waals surface area contributed by atoms with Crippen LogP contribution in [-0.2, 0) is 0 Å². The molecule has 3 rings (SSSR count). The van der Waals surface area contributed by atoms with Gasteiger partial charge in [-0.25, -0.2) is 4.98 Å². The molecule has 78 valence electrons. The molecule has 2 heterocycles. The smallest absolute Gasteiger partial charge is 0.203 e. The first-order valence-corrected chi connectivity index (χ1v) is 5.34. The minimum atomic E-state index is 0.998. The first-order valence-electron chi connectivity index (χ1n) is 5.34. The highest BCUT2D eigenvalue weighted by molar-refractivity contribution is 5.77. The predicted octanol–water partition coefficient (Wildman–Crippen LogP) is 0.972. The van der Waals surface area contributed by atoms with E-state index in [0.717, 1.165) is 43.2 Å². The molecule has 1 aliphatic heterocycles. The molecule has 0 bridgehead atoms. The summed E-state index contributed by atoms with van der Waals surface area (Å²) in [4.78, 5) is 10.2. The summed E-state index contributed by atoms with van der Waals surface area (Å²) in [5, 5.41) is 3.33. The topological polar surface area (TPSA) is 44.0 Å². The number of H-pyrrole nitrogens is 1. The molecule has 0 unspecified atom stereocenters. The van der Waals surface area contributed by atoms with Crippen LogP contribution in [0.4, 0.5) is 5.95 Å². The number of fused-ring (bicyclic) bond motifs is 1. The standard InChI is InChI=1S/C11H14N4/c1-2-4-10-9(3-1)13-11(14-10)15-7-5-12-6-8-15/h1-4,12H,5-8H2,(H,13,14). The molecular formula is C11H14N4. The monoisotopic (exact) mass is 202 g/mol. The van der Waals surface area contributed by atoms with Crippen molar-refractivity contribution in [3.05, 3.63) is 24.3 Å². The number of rotatable bonds is 1. The Bertz CT molecular complexity index is 423. The maximum Gasteiger partial charge on any atom is 0.203 e. The number of nitrogens with zero attached hydrogens (tertiary/aromatic N) is 2. The predicted molar refractivity (Wildman–Crippen MR) is 61.2 cm³/mol. The summed E-state index contributed by atoms with van der Waals surface area (Å²) in [6.07, 6.45) is 0. The van der Waals surface area contributed by atoms with Crippen molar-refractivity contribution in [3.8, 4) is 0 Å². The Kier molecular flexibility index (Phi) is 2.07. The van der Waals surface area contributed by atoms with Gasteiger partial charge in [-0.05, 0) is 12.1 Å². The van der Waals surface area contributed by atoms with Crippen LogP contribution in [0.3, 0.4) is 0 Å². The van der Waals surface area contributed by atoms with Gasteiger partial charge in [-0.2, -0.15) is 0 Å². The molecule has 1 aliphatic rings. The second kappa shape index (κ2) is 3.55. The molecule has 1 saturated heterocycles. The third kappa shape index (κ3) is 1.57. The number of nitrogens with one attached hydrogen (secondary N) is 2. The van der Waals surface area contributed by atoms with Gasteiger partial charge < -0.3 is 15.2 Å². The molecule has 1 aromatic carbocycles. The van der Waals surface area contributed by atoms with E-state index >= 15 is 0 Å². The van der Waals surface area contributed by atoms with Gasteiger partial charge in [-0.15, -0.1) is 0 Å². The second-order valence-corrected chi connectivity index (χ2v) is 3.81. The molecule has 2 N–H and O–H groups in total. The van der Waals surface area contributed by atoms with Crippen molar-refractivity contribution in [2.45, 2.75) is 0 Å². The summed E-state index contributed by atoms with van der Waals surface area (Å²) in [5.41, 5.74) is 2.16. The first kappa shape index (κ1) is 8.73. The van der Waals surface area contributed by atoms with Crippen molar-refractivity contribution in [3.63, 3.8) is 0 Å². The number of anilines is 1. The number of para-hydroxylation sites is 2. The SMILES string of the molecule is c1ccc2[nH]c(N3CCNCC3)nc2c1. The van der Waals surface area contributed by atoms with Crippen molar-refractivity contribution >= 4 is 17.0 Å². The molecule has 1 fully saturated rings. The average Bonchev–Trinajstić information content (AvgIpc) is 2.74. The molecule has 0 radical (unpaired) electrons. The third-order valence-corrected chi connectivity index (χ3v) is 2.79. The number of aromatic nitrogens is 2.